The molecule has 1 N–H and O–H groups in total. The summed E-state index contributed by atoms with van der Waals surface area (Å²) in [5.41, 5.74) is 0.351. The van der Waals surface area contributed by atoms with Crippen LogP contribution in [0.4, 0.5) is 13.2 Å². The van der Waals surface area contributed by atoms with Crippen LogP contribution in [0.1, 0.15) is 52.1 Å². The molecule has 4 rings (SSSR count). The summed E-state index contributed by atoms with van der Waals surface area (Å²) >= 11 is 1.44. The Hall–Kier alpha value is -3.14. The summed E-state index contributed by atoms with van der Waals surface area (Å²) in [4.78, 5) is 31.5. The Morgan fingerprint density at radius 2 is 1.86 bits per heavy atom. The van der Waals surface area contributed by atoms with Crippen LogP contribution >= 0.6 is 11.3 Å². The normalized spacial score (nSPS) is 14.8. The van der Waals surface area contributed by atoms with E-state index in [2.05, 4.69) is 15.0 Å². The average molecular weight is 506 g/mol. The van der Waals surface area contributed by atoms with Gasteiger partial charge in [-0.05, 0) is 67.0 Å². The molecule has 1 aliphatic heterocycles. The van der Waals surface area contributed by atoms with E-state index in [1.165, 1.54) is 23.5 Å². The molecular formula is C25H26F3N3O3S. The fourth-order valence-electron chi connectivity index (χ4n) is 4.25. The Kier molecular flexibility index (Phi) is 7.90. The number of piperidine rings is 1. The lowest BCUT2D eigenvalue weighted by Gasteiger charge is -2.32. The molecule has 35 heavy (non-hydrogen) atoms. The van der Waals surface area contributed by atoms with Gasteiger partial charge in [0, 0.05) is 37.6 Å². The minimum Gasteiger partial charge on any atom is -0.406 e. The van der Waals surface area contributed by atoms with Crippen molar-refractivity contribution in [3.8, 4) is 5.75 Å². The quantitative estimate of drug-likeness (QED) is 0.402. The molecule has 0 atom stereocenters. The molecule has 1 saturated heterocycles. The van der Waals surface area contributed by atoms with Crippen LogP contribution in [0.25, 0.3) is 10.1 Å². The van der Waals surface area contributed by atoms with Crippen molar-refractivity contribution >= 4 is 33.2 Å². The molecule has 1 aromatic carbocycles. The zero-order valence-corrected chi connectivity index (χ0v) is 19.8. The van der Waals surface area contributed by atoms with Crippen molar-refractivity contribution < 1.29 is 27.5 Å². The first kappa shape index (κ1) is 25.0. The second-order valence-corrected chi connectivity index (χ2v) is 9.67. The summed E-state index contributed by atoms with van der Waals surface area (Å²) in [7, 11) is 0. The van der Waals surface area contributed by atoms with Crippen LogP contribution in [0.3, 0.4) is 0 Å². The number of alkyl halides is 3. The summed E-state index contributed by atoms with van der Waals surface area (Å²) < 4.78 is 41.7. The van der Waals surface area contributed by atoms with Crippen molar-refractivity contribution in [2.24, 2.45) is 5.92 Å². The second kappa shape index (κ2) is 11.1. The lowest BCUT2D eigenvalue weighted by atomic mass is 9.91. The number of fused-ring (bicyclic) bond motifs is 1. The van der Waals surface area contributed by atoms with Crippen molar-refractivity contribution in [3.63, 3.8) is 0 Å². The number of rotatable bonds is 8. The Morgan fingerprint density at radius 1 is 1.11 bits per heavy atom. The van der Waals surface area contributed by atoms with Gasteiger partial charge in [0.2, 0.25) is 0 Å². The van der Waals surface area contributed by atoms with Gasteiger partial charge < -0.3 is 15.0 Å². The van der Waals surface area contributed by atoms with Gasteiger partial charge >= 0.3 is 6.36 Å². The van der Waals surface area contributed by atoms with Crippen molar-refractivity contribution in [2.75, 3.05) is 19.6 Å². The van der Waals surface area contributed by atoms with Crippen LogP contribution < -0.4 is 10.1 Å². The van der Waals surface area contributed by atoms with Gasteiger partial charge in [-0.15, -0.1) is 24.5 Å². The van der Waals surface area contributed by atoms with Crippen LogP contribution in [0.5, 0.6) is 5.75 Å². The van der Waals surface area contributed by atoms with Gasteiger partial charge in [0.1, 0.15) is 5.75 Å². The highest BCUT2D eigenvalue weighted by Crippen LogP contribution is 2.26. The number of hydrogen-bond acceptors (Lipinski definition) is 5. The summed E-state index contributed by atoms with van der Waals surface area (Å²) in [6.45, 7) is 1.88. The highest BCUT2D eigenvalue weighted by atomic mass is 32.1. The van der Waals surface area contributed by atoms with Crippen molar-refractivity contribution in [2.45, 2.75) is 38.5 Å². The molecule has 2 aromatic heterocycles. The number of amides is 2. The molecule has 10 heteroatoms. The molecule has 0 spiro atoms. The molecule has 0 unspecified atom stereocenters. The topological polar surface area (TPSA) is 71.5 Å². The highest BCUT2D eigenvalue weighted by Gasteiger charge is 2.31. The summed E-state index contributed by atoms with van der Waals surface area (Å²) in [5, 5.41) is 4.00. The number of nitrogens with zero attached hydrogens (tertiary/aromatic N) is 2. The molecule has 1 aliphatic rings. The van der Waals surface area contributed by atoms with E-state index in [1.807, 2.05) is 12.1 Å². The molecule has 1 fully saturated rings. The number of benzene rings is 1. The van der Waals surface area contributed by atoms with E-state index in [0.29, 0.717) is 36.0 Å². The first-order valence-electron chi connectivity index (χ1n) is 11.6. The monoisotopic (exact) mass is 505 g/mol. The van der Waals surface area contributed by atoms with Gasteiger partial charge in [0.25, 0.3) is 11.8 Å². The van der Waals surface area contributed by atoms with Crippen LogP contribution in [0, 0.1) is 5.92 Å². The van der Waals surface area contributed by atoms with Gasteiger partial charge in [0.15, 0.2) is 0 Å². The molecule has 2 amide bonds. The number of ether oxygens (including phenoxy) is 1. The third-order valence-corrected chi connectivity index (χ3v) is 7.19. The summed E-state index contributed by atoms with van der Waals surface area (Å²) in [5.74, 6) is -0.0600. The lowest BCUT2D eigenvalue weighted by molar-refractivity contribution is -0.274. The lowest BCUT2D eigenvalue weighted by Crippen LogP contribution is -2.38. The Morgan fingerprint density at radius 3 is 2.54 bits per heavy atom. The zero-order chi connectivity index (χ0) is 24.8. The number of aromatic nitrogens is 1. The first-order valence-corrected chi connectivity index (χ1v) is 12.4. The number of carbonyl (C=O) groups is 2. The maximum Gasteiger partial charge on any atom is 0.573 e. The highest BCUT2D eigenvalue weighted by molar-refractivity contribution is 7.20. The fraction of sp³-hybridized carbons (Fsp3) is 0.400. The SMILES string of the molecule is O=C(NCCCCC1CCN(C(=O)c2ccc(OC(F)(F)F)cc2)CC1)c1cc2ccncc2s1. The van der Waals surface area contributed by atoms with E-state index in [0.717, 1.165) is 54.3 Å². The number of thiophene rings is 1. The number of halogens is 3. The average Bonchev–Trinajstić information content (AvgIpc) is 3.28. The van der Waals surface area contributed by atoms with Gasteiger partial charge in [-0.2, -0.15) is 0 Å². The number of unbranched alkanes of at least 4 members (excludes halogenated alkanes) is 1. The molecule has 0 aliphatic carbocycles. The predicted octanol–water partition coefficient (Wildman–Crippen LogP) is 5.65. The zero-order valence-electron chi connectivity index (χ0n) is 19.0. The van der Waals surface area contributed by atoms with Gasteiger partial charge in [-0.1, -0.05) is 12.8 Å². The predicted molar refractivity (Wildman–Crippen MR) is 128 cm³/mol. The second-order valence-electron chi connectivity index (χ2n) is 8.58. The fourth-order valence-corrected chi connectivity index (χ4v) is 5.20. The maximum absolute atomic E-state index is 12.7. The van der Waals surface area contributed by atoms with Crippen LogP contribution in [-0.2, 0) is 0 Å². The number of pyridine rings is 1. The third-order valence-electron chi connectivity index (χ3n) is 6.11. The van der Waals surface area contributed by atoms with E-state index in [-0.39, 0.29) is 17.6 Å². The van der Waals surface area contributed by atoms with E-state index in [4.69, 9.17) is 0 Å². The third kappa shape index (κ3) is 6.94. The Balaban J connectivity index is 1.13. The van der Waals surface area contributed by atoms with Gasteiger partial charge in [-0.3, -0.25) is 14.6 Å². The molecule has 0 saturated carbocycles. The Bertz CT molecular complexity index is 1120. The maximum atomic E-state index is 12.7. The number of nitrogens with one attached hydrogen (secondary N) is 1. The Labute approximate surface area is 205 Å². The summed E-state index contributed by atoms with van der Waals surface area (Å²) in [6, 6.07) is 8.81. The molecule has 0 bridgehead atoms. The number of likely N-dealkylation sites (tertiary alicyclic amines) is 1. The molecule has 6 nitrogen and oxygen atoms in total. The van der Waals surface area contributed by atoms with E-state index >= 15 is 0 Å². The minimum absolute atomic E-state index is 0.0592. The summed E-state index contributed by atoms with van der Waals surface area (Å²) in [6.07, 6.45) is 3.43. The molecule has 0 radical (unpaired) electrons. The van der Waals surface area contributed by atoms with Gasteiger partial charge in [0.05, 0.1) is 9.58 Å². The standard InChI is InChI=1S/C25H26F3N3O3S/c26-25(27,28)34-20-6-4-18(5-7-20)24(33)31-13-9-17(10-14-31)3-1-2-11-30-23(32)21-15-19-8-12-29-16-22(19)35-21/h4-8,12,15-17H,1-3,9-11,13-14H2,(H,30,32). The van der Waals surface area contributed by atoms with Crippen molar-refractivity contribution in [3.05, 3.63) is 59.2 Å². The number of carbonyl (C=O) groups excluding carboxylic acids is 2. The van der Waals surface area contributed by atoms with Crippen LogP contribution in [0.2, 0.25) is 0 Å². The molecule has 3 aromatic rings. The molecule has 3 heterocycles. The van der Waals surface area contributed by atoms with E-state index < -0.39 is 6.36 Å². The van der Waals surface area contributed by atoms with Crippen molar-refractivity contribution in [1.82, 2.24) is 15.2 Å². The number of hydrogen-bond donors (Lipinski definition) is 1. The largest absolute Gasteiger partial charge is 0.573 e. The molecule has 186 valence electrons. The van der Waals surface area contributed by atoms with E-state index in [1.54, 1.807) is 17.3 Å². The van der Waals surface area contributed by atoms with Crippen LogP contribution in [-0.4, -0.2) is 47.7 Å². The first-order chi connectivity index (χ1) is 16.8. The van der Waals surface area contributed by atoms with Gasteiger partial charge in [-0.25, -0.2) is 0 Å². The van der Waals surface area contributed by atoms with Crippen LogP contribution in [0.15, 0.2) is 48.8 Å². The van der Waals surface area contributed by atoms with Crippen molar-refractivity contribution in [1.29, 1.82) is 0 Å². The molecular weight excluding hydrogens is 479 g/mol. The van der Waals surface area contributed by atoms with E-state index in [9.17, 15) is 22.8 Å². The smallest absolute Gasteiger partial charge is 0.406 e. The minimum atomic E-state index is -4.75.